The molecule has 164 valence electrons. The van der Waals surface area contributed by atoms with E-state index in [4.69, 9.17) is 0 Å². The molecule has 1 aliphatic rings. The van der Waals surface area contributed by atoms with Crippen molar-refractivity contribution >= 4 is 36.5 Å². The molecule has 2 heterocycles. The molecule has 0 radical (unpaired) electrons. The van der Waals surface area contributed by atoms with Crippen LogP contribution in [0.15, 0.2) is 59.6 Å². The van der Waals surface area contributed by atoms with Crippen LogP contribution in [0.1, 0.15) is 16.8 Å². The number of nitrogens with one attached hydrogen (secondary N) is 1. The predicted molar refractivity (Wildman–Crippen MR) is 123 cm³/mol. The summed E-state index contributed by atoms with van der Waals surface area (Å²) in [6.07, 6.45) is 3.01. The lowest BCUT2D eigenvalue weighted by Crippen LogP contribution is -2.33. The second-order valence-corrected chi connectivity index (χ2v) is 11.6. The second-order valence-electron chi connectivity index (χ2n) is 7.86. The summed E-state index contributed by atoms with van der Waals surface area (Å²) >= 11 is 0. The lowest BCUT2D eigenvalue weighted by Gasteiger charge is -2.21. The predicted octanol–water partition coefficient (Wildman–Crippen LogP) is 2.62. The van der Waals surface area contributed by atoms with Crippen molar-refractivity contribution in [3.63, 3.8) is 0 Å². The fourth-order valence-corrected chi connectivity index (χ4v) is 5.81. The molecule has 0 unspecified atom stereocenters. The minimum atomic E-state index is -3.74. The largest absolute Gasteiger partial charge is 0.347 e. The number of hydrogen-bond donors (Lipinski definition) is 1. The maximum Gasteiger partial charge on any atom is 0.243 e. The number of sulfonamides is 2. The van der Waals surface area contributed by atoms with Crippen LogP contribution in [0, 0.1) is 6.92 Å². The average molecular weight is 460 g/mol. The molecule has 0 spiro atoms. The Morgan fingerprint density at radius 3 is 2.35 bits per heavy atom. The Kier molecular flexibility index (Phi) is 5.45. The van der Waals surface area contributed by atoms with Crippen molar-refractivity contribution < 1.29 is 16.8 Å². The fourth-order valence-electron chi connectivity index (χ4n) is 4.04. The van der Waals surface area contributed by atoms with Crippen LogP contribution < -0.4 is 4.72 Å². The van der Waals surface area contributed by atoms with E-state index < -0.39 is 20.0 Å². The molecule has 0 bridgehead atoms. The van der Waals surface area contributed by atoms with Crippen LogP contribution in [-0.2, 0) is 33.5 Å². The third-order valence-corrected chi connectivity index (χ3v) is 8.01. The van der Waals surface area contributed by atoms with Gasteiger partial charge in [-0.1, -0.05) is 35.9 Å². The molecule has 0 saturated heterocycles. The Hall–Kier alpha value is -2.62. The minimum absolute atomic E-state index is 0.0692. The molecule has 0 amide bonds. The van der Waals surface area contributed by atoms with Gasteiger partial charge in [-0.25, -0.2) is 16.8 Å². The van der Waals surface area contributed by atoms with Gasteiger partial charge >= 0.3 is 0 Å². The Labute approximate surface area is 183 Å². The third-order valence-electron chi connectivity index (χ3n) is 5.60. The van der Waals surface area contributed by atoms with Crippen molar-refractivity contribution in [2.24, 2.45) is 7.05 Å². The van der Waals surface area contributed by atoms with E-state index in [0.29, 0.717) is 18.5 Å². The van der Waals surface area contributed by atoms with Gasteiger partial charge in [-0.2, -0.15) is 4.31 Å². The molecule has 1 aromatic heterocycles. The summed E-state index contributed by atoms with van der Waals surface area (Å²) in [4.78, 5) is 0.226. The molecule has 0 aliphatic carbocycles. The Morgan fingerprint density at radius 1 is 1.00 bits per heavy atom. The first-order valence-corrected chi connectivity index (χ1v) is 13.2. The molecule has 1 aliphatic heterocycles. The minimum Gasteiger partial charge on any atom is -0.347 e. The van der Waals surface area contributed by atoms with Gasteiger partial charge < -0.3 is 4.57 Å². The Morgan fingerprint density at radius 2 is 1.68 bits per heavy atom. The summed E-state index contributed by atoms with van der Waals surface area (Å²) in [5, 5.41) is 0.969. The molecule has 2 aromatic carbocycles. The van der Waals surface area contributed by atoms with Crippen LogP contribution in [0.2, 0.25) is 0 Å². The van der Waals surface area contributed by atoms with Gasteiger partial charge in [0.05, 0.1) is 11.2 Å². The Bertz CT molecular complexity index is 1390. The maximum atomic E-state index is 13.4. The number of benzene rings is 2. The molecule has 0 fully saturated rings. The van der Waals surface area contributed by atoms with E-state index in [-0.39, 0.29) is 11.4 Å². The van der Waals surface area contributed by atoms with E-state index in [1.54, 1.807) is 24.3 Å². The molecule has 0 saturated carbocycles. The van der Waals surface area contributed by atoms with E-state index >= 15 is 0 Å². The summed E-state index contributed by atoms with van der Waals surface area (Å²) in [6, 6.07) is 14.6. The van der Waals surface area contributed by atoms with Crippen LogP contribution in [0.5, 0.6) is 0 Å². The zero-order chi connectivity index (χ0) is 22.4. The molecule has 0 atom stereocenters. The second kappa shape index (κ2) is 7.81. The number of aromatic nitrogens is 1. The summed E-state index contributed by atoms with van der Waals surface area (Å²) in [5.41, 5.74) is 4.48. The Balaban J connectivity index is 1.85. The first kappa shape index (κ1) is 21.6. The zero-order valence-electron chi connectivity index (χ0n) is 17.7. The number of rotatable bonds is 4. The normalized spacial score (nSPS) is 16.9. The van der Waals surface area contributed by atoms with Crippen molar-refractivity contribution in [3.8, 4) is 0 Å². The van der Waals surface area contributed by atoms with E-state index in [1.807, 2.05) is 38.2 Å². The van der Waals surface area contributed by atoms with Gasteiger partial charge in [-0.05, 0) is 30.7 Å². The first-order chi connectivity index (χ1) is 14.6. The van der Waals surface area contributed by atoms with Gasteiger partial charge in [0.1, 0.15) is 0 Å². The highest BCUT2D eigenvalue weighted by Crippen LogP contribution is 2.35. The summed E-state index contributed by atoms with van der Waals surface area (Å²) in [6.45, 7) is 2.27. The van der Waals surface area contributed by atoms with Gasteiger partial charge in [0.2, 0.25) is 20.0 Å². The number of nitrogens with zero attached hydrogens (tertiary/aromatic N) is 2. The lowest BCUT2D eigenvalue weighted by molar-refractivity contribution is 0.451. The van der Waals surface area contributed by atoms with Crippen molar-refractivity contribution in [1.82, 2.24) is 13.6 Å². The standard InChI is InChI=1S/C22H25N3O4S2/c1-16-8-10-18(11-9-16)31(28,29)25-13-12-21-22(17(15-25)14-23-30(3,26)27)19-6-4-5-7-20(19)24(21)2/h4-11,14,23H,12-13,15H2,1-3H3/b17-14+. The van der Waals surface area contributed by atoms with Gasteiger partial charge in [0.15, 0.2) is 0 Å². The topological polar surface area (TPSA) is 88.5 Å². The van der Waals surface area contributed by atoms with Gasteiger partial charge in [-0.3, -0.25) is 4.72 Å². The average Bonchev–Trinajstić information content (AvgIpc) is 2.86. The quantitative estimate of drug-likeness (QED) is 0.650. The molecule has 1 N–H and O–H groups in total. The van der Waals surface area contributed by atoms with Crippen LogP contribution in [-0.4, -0.2) is 45.1 Å². The van der Waals surface area contributed by atoms with E-state index in [9.17, 15) is 16.8 Å². The molecular weight excluding hydrogens is 434 g/mol. The first-order valence-electron chi connectivity index (χ1n) is 9.88. The number of fused-ring (bicyclic) bond motifs is 3. The van der Waals surface area contributed by atoms with E-state index in [1.165, 1.54) is 10.5 Å². The third kappa shape index (κ3) is 4.13. The monoisotopic (exact) mass is 459 g/mol. The molecule has 31 heavy (non-hydrogen) atoms. The summed E-state index contributed by atoms with van der Waals surface area (Å²) in [7, 11) is -5.29. The van der Waals surface area contributed by atoms with Crippen molar-refractivity contribution in [2.45, 2.75) is 18.2 Å². The fraction of sp³-hybridized carbons (Fsp3) is 0.273. The van der Waals surface area contributed by atoms with Gasteiger partial charge in [0, 0.05) is 54.9 Å². The van der Waals surface area contributed by atoms with Crippen LogP contribution >= 0.6 is 0 Å². The number of para-hydroxylation sites is 1. The van der Waals surface area contributed by atoms with Crippen LogP contribution in [0.25, 0.3) is 16.5 Å². The van der Waals surface area contributed by atoms with Crippen molar-refractivity contribution in [1.29, 1.82) is 0 Å². The van der Waals surface area contributed by atoms with Crippen LogP contribution in [0.3, 0.4) is 0 Å². The highest BCUT2D eigenvalue weighted by Gasteiger charge is 2.31. The van der Waals surface area contributed by atoms with Gasteiger partial charge in [-0.15, -0.1) is 0 Å². The van der Waals surface area contributed by atoms with Crippen molar-refractivity contribution in [2.75, 3.05) is 19.3 Å². The zero-order valence-corrected chi connectivity index (χ0v) is 19.3. The molecular formula is C22H25N3O4S2. The molecule has 7 nitrogen and oxygen atoms in total. The molecule has 4 rings (SSSR count). The SMILES string of the molecule is Cc1ccc(S(=O)(=O)N2CCc3c(c4ccccc4n3C)/C(=C/NS(C)(=O)=O)C2)cc1. The van der Waals surface area contributed by atoms with E-state index in [2.05, 4.69) is 9.29 Å². The molecule has 9 heteroatoms. The maximum absolute atomic E-state index is 13.4. The summed E-state index contributed by atoms with van der Waals surface area (Å²) in [5.74, 6) is 0. The number of hydrogen-bond acceptors (Lipinski definition) is 4. The summed E-state index contributed by atoms with van der Waals surface area (Å²) < 4.78 is 56.2. The highest BCUT2D eigenvalue weighted by molar-refractivity contribution is 7.89. The van der Waals surface area contributed by atoms with Crippen LogP contribution in [0.4, 0.5) is 0 Å². The number of aryl methyl sites for hydroxylation is 2. The van der Waals surface area contributed by atoms with E-state index in [0.717, 1.165) is 34.0 Å². The van der Waals surface area contributed by atoms with Crippen molar-refractivity contribution in [3.05, 3.63) is 71.6 Å². The smallest absolute Gasteiger partial charge is 0.243 e. The molecule has 3 aromatic rings. The van der Waals surface area contributed by atoms with Gasteiger partial charge in [0.25, 0.3) is 0 Å². The highest BCUT2D eigenvalue weighted by atomic mass is 32.2. The lowest BCUT2D eigenvalue weighted by atomic mass is 10.0.